The molecule has 1 N–H and O–H groups in total. The summed E-state index contributed by atoms with van der Waals surface area (Å²) in [6.45, 7) is 3.06. The summed E-state index contributed by atoms with van der Waals surface area (Å²) in [5, 5.41) is 11.6. The standard InChI is InChI=1S/C16H18ClNO3S/c1-2-21-15-6-5-12(10-14(15)17)16(20)18(7-8-19)11-13-4-3-9-22-13/h3-6,9-10,19H,2,7-8,11H2,1H3. The van der Waals surface area contributed by atoms with E-state index in [9.17, 15) is 9.90 Å². The van der Waals surface area contributed by atoms with Crippen LogP contribution in [0.1, 0.15) is 22.2 Å². The maximum Gasteiger partial charge on any atom is 0.254 e. The van der Waals surface area contributed by atoms with E-state index >= 15 is 0 Å². The van der Waals surface area contributed by atoms with Crippen LogP contribution < -0.4 is 4.74 Å². The Kier molecular flexibility index (Phi) is 6.24. The SMILES string of the molecule is CCOc1ccc(C(=O)N(CCO)Cc2cccs2)cc1Cl. The Morgan fingerprint density at radius 3 is 2.82 bits per heavy atom. The van der Waals surface area contributed by atoms with Crippen LogP contribution in [-0.2, 0) is 6.54 Å². The summed E-state index contributed by atoms with van der Waals surface area (Å²) in [7, 11) is 0. The van der Waals surface area contributed by atoms with Crippen molar-refractivity contribution >= 4 is 28.8 Å². The molecular formula is C16H18ClNO3S. The lowest BCUT2D eigenvalue weighted by Crippen LogP contribution is -2.32. The molecule has 0 spiro atoms. The highest BCUT2D eigenvalue weighted by atomic mass is 35.5. The van der Waals surface area contributed by atoms with Crippen molar-refractivity contribution in [2.75, 3.05) is 19.8 Å². The maximum absolute atomic E-state index is 12.6. The quantitative estimate of drug-likeness (QED) is 0.840. The number of hydrogen-bond donors (Lipinski definition) is 1. The zero-order valence-corrected chi connectivity index (χ0v) is 13.9. The number of carbonyl (C=O) groups excluding carboxylic acids is 1. The molecule has 1 aromatic carbocycles. The van der Waals surface area contributed by atoms with Crippen LogP contribution >= 0.6 is 22.9 Å². The van der Waals surface area contributed by atoms with Gasteiger partial charge in [0.2, 0.25) is 0 Å². The number of amides is 1. The van der Waals surface area contributed by atoms with Gasteiger partial charge in [-0.25, -0.2) is 0 Å². The Balaban J connectivity index is 2.17. The molecule has 118 valence electrons. The number of thiophene rings is 1. The predicted octanol–water partition coefficient (Wildman–Crippen LogP) is 3.43. The second-order valence-corrected chi connectivity index (χ2v) is 6.05. The van der Waals surface area contributed by atoms with Gasteiger partial charge in [-0.2, -0.15) is 0 Å². The molecule has 2 rings (SSSR count). The highest BCUT2D eigenvalue weighted by Crippen LogP contribution is 2.26. The Morgan fingerprint density at radius 2 is 2.23 bits per heavy atom. The molecule has 4 nitrogen and oxygen atoms in total. The van der Waals surface area contributed by atoms with Crippen molar-refractivity contribution in [3.05, 3.63) is 51.2 Å². The Hall–Kier alpha value is -1.56. The van der Waals surface area contributed by atoms with Gasteiger partial charge in [-0.05, 0) is 36.6 Å². The van der Waals surface area contributed by atoms with E-state index in [2.05, 4.69) is 0 Å². The molecule has 0 aliphatic rings. The smallest absolute Gasteiger partial charge is 0.254 e. The molecule has 6 heteroatoms. The van der Waals surface area contributed by atoms with E-state index in [-0.39, 0.29) is 19.1 Å². The van der Waals surface area contributed by atoms with E-state index < -0.39 is 0 Å². The van der Waals surface area contributed by atoms with E-state index in [1.54, 1.807) is 34.4 Å². The topological polar surface area (TPSA) is 49.8 Å². The number of carbonyl (C=O) groups is 1. The molecule has 0 radical (unpaired) electrons. The molecule has 2 aromatic rings. The van der Waals surface area contributed by atoms with E-state index in [1.165, 1.54) is 0 Å². The van der Waals surface area contributed by atoms with Crippen molar-refractivity contribution in [1.29, 1.82) is 0 Å². The van der Waals surface area contributed by atoms with Crippen molar-refractivity contribution < 1.29 is 14.6 Å². The fourth-order valence-electron chi connectivity index (χ4n) is 2.05. The first-order valence-corrected chi connectivity index (χ1v) is 8.26. The molecule has 1 aromatic heterocycles. The first kappa shape index (κ1) is 16.8. The summed E-state index contributed by atoms with van der Waals surface area (Å²) >= 11 is 7.71. The van der Waals surface area contributed by atoms with Gasteiger partial charge in [0.1, 0.15) is 5.75 Å². The number of halogens is 1. The molecule has 0 aliphatic heterocycles. The largest absolute Gasteiger partial charge is 0.492 e. The highest BCUT2D eigenvalue weighted by Gasteiger charge is 2.17. The van der Waals surface area contributed by atoms with Gasteiger partial charge in [-0.1, -0.05) is 17.7 Å². The lowest BCUT2D eigenvalue weighted by Gasteiger charge is -2.21. The van der Waals surface area contributed by atoms with Gasteiger partial charge >= 0.3 is 0 Å². The summed E-state index contributed by atoms with van der Waals surface area (Å²) in [5.74, 6) is 0.403. The molecule has 0 atom stereocenters. The molecule has 0 bridgehead atoms. The molecule has 1 heterocycles. The summed E-state index contributed by atoms with van der Waals surface area (Å²) in [6.07, 6.45) is 0. The molecule has 0 fully saturated rings. The minimum atomic E-state index is -0.160. The van der Waals surface area contributed by atoms with E-state index in [0.717, 1.165) is 4.88 Å². The van der Waals surface area contributed by atoms with Gasteiger partial charge in [0.15, 0.2) is 0 Å². The Bertz CT molecular complexity index is 616. The number of hydrogen-bond acceptors (Lipinski definition) is 4. The lowest BCUT2D eigenvalue weighted by molar-refractivity contribution is 0.0709. The highest BCUT2D eigenvalue weighted by molar-refractivity contribution is 7.09. The first-order chi connectivity index (χ1) is 10.7. The van der Waals surface area contributed by atoms with Crippen LogP contribution in [0.4, 0.5) is 0 Å². The van der Waals surface area contributed by atoms with Crippen molar-refractivity contribution in [3.8, 4) is 5.75 Å². The molecule has 1 amide bonds. The van der Waals surface area contributed by atoms with E-state index in [1.807, 2.05) is 24.4 Å². The van der Waals surface area contributed by atoms with E-state index in [0.29, 0.717) is 29.5 Å². The van der Waals surface area contributed by atoms with Crippen LogP contribution in [0.2, 0.25) is 5.02 Å². The zero-order valence-electron chi connectivity index (χ0n) is 12.3. The minimum absolute atomic E-state index is 0.0815. The van der Waals surface area contributed by atoms with Crippen molar-refractivity contribution in [3.63, 3.8) is 0 Å². The minimum Gasteiger partial charge on any atom is -0.492 e. The summed E-state index contributed by atoms with van der Waals surface area (Å²) in [4.78, 5) is 15.3. The van der Waals surface area contributed by atoms with Crippen molar-refractivity contribution in [2.24, 2.45) is 0 Å². The number of nitrogens with zero attached hydrogens (tertiary/aromatic N) is 1. The van der Waals surface area contributed by atoms with Crippen LogP contribution in [-0.4, -0.2) is 35.7 Å². The predicted molar refractivity (Wildman–Crippen MR) is 88.8 cm³/mol. The van der Waals surface area contributed by atoms with Crippen LogP contribution in [0.5, 0.6) is 5.75 Å². The summed E-state index contributed by atoms with van der Waals surface area (Å²) in [6, 6.07) is 8.90. The van der Waals surface area contributed by atoms with E-state index in [4.69, 9.17) is 16.3 Å². The van der Waals surface area contributed by atoms with Gasteiger partial charge in [0.05, 0.1) is 24.8 Å². The summed E-state index contributed by atoms with van der Waals surface area (Å²) < 4.78 is 5.37. The molecule has 22 heavy (non-hydrogen) atoms. The number of ether oxygens (including phenoxy) is 1. The fourth-order valence-corrected chi connectivity index (χ4v) is 3.01. The normalized spacial score (nSPS) is 10.5. The van der Waals surface area contributed by atoms with Gasteiger partial charge in [0, 0.05) is 17.0 Å². The van der Waals surface area contributed by atoms with Crippen LogP contribution in [0.25, 0.3) is 0 Å². The Morgan fingerprint density at radius 1 is 1.41 bits per heavy atom. The molecule has 0 aliphatic carbocycles. The number of aliphatic hydroxyl groups is 1. The number of rotatable bonds is 7. The third-order valence-corrected chi connectivity index (χ3v) is 4.22. The molecule has 0 saturated heterocycles. The monoisotopic (exact) mass is 339 g/mol. The van der Waals surface area contributed by atoms with Crippen molar-refractivity contribution in [2.45, 2.75) is 13.5 Å². The Labute approximate surface area is 138 Å². The second-order valence-electron chi connectivity index (χ2n) is 4.61. The lowest BCUT2D eigenvalue weighted by atomic mass is 10.2. The summed E-state index contributed by atoms with van der Waals surface area (Å²) in [5.41, 5.74) is 0.485. The van der Waals surface area contributed by atoms with Crippen LogP contribution in [0.15, 0.2) is 35.7 Å². The maximum atomic E-state index is 12.6. The molecular weight excluding hydrogens is 322 g/mol. The van der Waals surface area contributed by atoms with Crippen LogP contribution in [0.3, 0.4) is 0 Å². The van der Waals surface area contributed by atoms with Gasteiger partial charge in [0.25, 0.3) is 5.91 Å². The van der Waals surface area contributed by atoms with Gasteiger partial charge in [-0.15, -0.1) is 11.3 Å². The average Bonchev–Trinajstić information content (AvgIpc) is 3.01. The zero-order chi connectivity index (χ0) is 15.9. The second kappa shape index (κ2) is 8.17. The molecule has 0 unspecified atom stereocenters. The number of benzene rings is 1. The first-order valence-electron chi connectivity index (χ1n) is 7.00. The third-order valence-electron chi connectivity index (χ3n) is 3.06. The van der Waals surface area contributed by atoms with Crippen molar-refractivity contribution in [1.82, 2.24) is 4.90 Å². The number of aliphatic hydroxyl groups excluding tert-OH is 1. The van der Waals surface area contributed by atoms with Crippen LogP contribution in [0, 0.1) is 0 Å². The van der Waals surface area contributed by atoms with Gasteiger partial charge < -0.3 is 14.7 Å². The third kappa shape index (κ3) is 4.22. The average molecular weight is 340 g/mol. The molecule has 0 saturated carbocycles. The van der Waals surface area contributed by atoms with Gasteiger partial charge in [-0.3, -0.25) is 4.79 Å². The fraction of sp³-hybridized carbons (Fsp3) is 0.312.